The summed E-state index contributed by atoms with van der Waals surface area (Å²) < 4.78 is 0. The smallest absolute Gasteiger partial charge is 0.222 e. The third-order valence-corrected chi connectivity index (χ3v) is 5.00. The Morgan fingerprint density at radius 2 is 2.27 bits per heavy atom. The lowest BCUT2D eigenvalue weighted by molar-refractivity contribution is -0.127. The molecule has 1 aromatic rings. The summed E-state index contributed by atoms with van der Waals surface area (Å²) >= 11 is 6.08. The summed E-state index contributed by atoms with van der Waals surface area (Å²) in [5, 5.41) is 7.61. The molecule has 1 aliphatic heterocycles. The zero-order chi connectivity index (χ0) is 17.6. The van der Waals surface area contributed by atoms with Crippen LogP contribution < -0.4 is 10.6 Å². The van der Waals surface area contributed by atoms with Crippen LogP contribution in [0.5, 0.6) is 0 Å². The Hall–Kier alpha value is -1.02. The van der Waals surface area contributed by atoms with Crippen molar-refractivity contribution in [2.75, 3.05) is 26.2 Å². The minimum absolute atomic E-state index is 0. The van der Waals surface area contributed by atoms with Crippen molar-refractivity contribution < 1.29 is 4.79 Å². The van der Waals surface area contributed by atoms with Crippen LogP contribution in [0.3, 0.4) is 0 Å². The quantitative estimate of drug-likeness (QED) is 0.267. The fraction of sp³-hybridized carbons (Fsp3) is 0.579. The Kier molecular flexibility index (Phi) is 8.47. The van der Waals surface area contributed by atoms with Crippen LogP contribution in [-0.4, -0.2) is 49.0 Å². The van der Waals surface area contributed by atoms with E-state index in [9.17, 15) is 4.79 Å². The van der Waals surface area contributed by atoms with Crippen LogP contribution in [-0.2, 0) is 4.79 Å². The highest BCUT2D eigenvalue weighted by Crippen LogP contribution is 2.41. The molecular formula is C19H28ClIN4O. The van der Waals surface area contributed by atoms with Gasteiger partial charge in [0.15, 0.2) is 5.96 Å². The number of rotatable bonds is 7. The van der Waals surface area contributed by atoms with Crippen molar-refractivity contribution >= 4 is 47.4 Å². The number of benzene rings is 1. The predicted molar refractivity (Wildman–Crippen MR) is 118 cm³/mol. The molecule has 2 aliphatic rings. The number of carbonyl (C=O) groups is 1. The topological polar surface area (TPSA) is 56.7 Å². The van der Waals surface area contributed by atoms with Gasteiger partial charge in [0, 0.05) is 49.6 Å². The number of guanidine groups is 1. The number of hydrogen-bond acceptors (Lipinski definition) is 2. The van der Waals surface area contributed by atoms with Crippen LogP contribution in [0.1, 0.15) is 44.1 Å². The molecule has 3 rings (SSSR count). The lowest BCUT2D eigenvalue weighted by atomic mass is 10.1. The molecule has 1 saturated carbocycles. The molecule has 26 heavy (non-hydrogen) atoms. The van der Waals surface area contributed by atoms with E-state index in [-0.39, 0.29) is 29.9 Å². The molecule has 144 valence electrons. The summed E-state index contributed by atoms with van der Waals surface area (Å²) in [7, 11) is 0. The summed E-state index contributed by atoms with van der Waals surface area (Å²) in [6.45, 7) is 5.36. The second-order valence-corrected chi connectivity index (χ2v) is 7.18. The van der Waals surface area contributed by atoms with Gasteiger partial charge in [-0.05, 0) is 43.9 Å². The van der Waals surface area contributed by atoms with E-state index < -0.39 is 0 Å². The maximum atomic E-state index is 11.6. The molecule has 2 N–H and O–H groups in total. The molecule has 1 heterocycles. The zero-order valence-electron chi connectivity index (χ0n) is 15.2. The molecular weight excluding hydrogens is 463 g/mol. The SMILES string of the molecule is CCNC(=NCCCN1CCCC1=O)NC1CC1c1cccc(Cl)c1.I. The fourth-order valence-electron chi connectivity index (χ4n) is 3.35. The molecule has 1 amide bonds. The molecule has 2 atom stereocenters. The number of amides is 1. The second-order valence-electron chi connectivity index (χ2n) is 6.75. The summed E-state index contributed by atoms with van der Waals surface area (Å²) in [6.07, 6.45) is 3.72. The van der Waals surface area contributed by atoms with Gasteiger partial charge >= 0.3 is 0 Å². The fourth-order valence-corrected chi connectivity index (χ4v) is 3.55. The number of aliphatic imine (C=N–C) groups is 1. The maximum Gasteiger partial charge on any atom is 0.222 e. The van der Waals surface area contributed by atoms with Crippen LogP contribution >= 0.6 is 35.6 Å². The van der Waals surface area contributed by atoms with E-state index in [4.69, 9.17) is 11.6 Å². The standard InChI is InChI=1S/C19H27ClN4O.HI/c1-2-21-19(22-9-5-11-24-10-4-8-18(24)25)23-17-13-16(17)14-6-3-7-15(20)12-14;/h3,6-7,12,16-17H,2,4-5,8-11,13H2,1H3,(H2,21,22,23);1H. The molecule has 2 fully saturated rings. The van der Waals surface area contributed by atoms with Gasteiger partial charge in [-0.1, -0.05) is 23.7 Å². The predicted octanol–water partition coefficient (Wildman–Crippen LogP) is 3.38. The van der Waals surface area contributed by atoms with Gasteiger partial charge in [0.1, 0.15) is 0 Å². The molecule has 7 heteroatoms. The van der Waals surface area contributed by atoms with Crippen molar-refractivity contribution in [3.05, 3.63) is 34.9 Å². The number of nitrogens with one attached hydrogen (secondary N) is 2. The van der Waals surface area contributed by atoms with Crippen molar-refractivity contribution in [1.82, 2.24) is 15.5 Å². The first-order valence-corrected chi connectivity index (χ1v) is 9.63. The Bertz CT molecular complexity index is 640. The van der Waals surface area contributed by atoms with Gasteiger partial charge < -0.3 is 15.5 Å². The minimum Gasteiger partial charge on any atom is -0.357 e. The number of hydrogen-bond donors (Lipinski definition) is 2. The molecule has 2 unspecified atom stereocenters. The lowest BCUT2D eigenvalue weighted by Gasteiger charge is -2.15. The van der Waals surface area contributed by atoms with Crippen LogP contribution in [0, 0.1) is 0 Å². The van der Waals surface area contributed by atoms with Gasteiger partial charge in [-0.15, -0.1) is 24.0 Å². The second kappa shape index (κ2) is 10.3. The average Bonchev–Trinajstić information content (AvgIpc) is 3.24. The van der Waals surface area contributed by atoms with Crippen LogP contribution in [0.4, 0.5) is 0 Å². The first-order valence-electron chi connectivity index (χ1n) is 9.25. The highest BCUT2D eigenvalue weighted by atomic mass is 127. The molecule has 1 aromatic carbocycles. The molecule has 0 spiro atoms. The molecule has 0 bridgehead atoms. The van der Waals surface area contributed by atoms with Gasteiger partial charge in [-0.25, -0.2) is 0 Å². The summed E-state index contributed by atoms with van der Waals surface area (Å²) in [4.78, 5) is 18.2. The van der Waals surface area contributed by atoms with Gasteiger partial charge in [-0.3, -0.25) is 9.79 Å². The third kappa shape index (κ3) is 6.01. The third-order valence-electron chi connectivity index (χ3n) is 4.76. The van der Waals surface area contributed by atoms with Gasteiger partial charge in [-0.2, -0.15) is 0 Å². The molecule has 0 radical (unpaired) electrons. The van der Waals surface area contributed by atoms with Crippen molar-refractivity contribution in [3.8, 4) is 0 Å². The Balaban J connectivity index is 0.00000243. The summed E-state index contributed by atoms with van der Waals surface area (Å²) in [5.41, 5.74) is 1.29. The van der Waals surface area contributed by atoms with Crippen LogP contribution in [0.15, 0.2) is 29.3 Å². The van der Waals surface area contributed by atoms with Crippen molar-refractivity contribution in [2.45, 2.75) is 44.6 Å². The summed E-state index contributed by atoms with van der Waals surface area (Å²) in [6, 6.07) is 8.51. The number of likely N-dealkylation sites (tertiary alicyclic amines) is 1. The van der Waals surface area contributed by atoms with E-state index in [1.807, 2.05) is 23.1 Å². The Morgan fingerprint density at radius 1 is 1.42 bits per heavy atom. The molecule has 1 saturated heterocycles. The van der Waals surface area contributed by atoms with Crippen molar-refractivity contribution in [3.63, 3.8) is 0 Å². The monoisotopic (exact) mass is 490 g/mol. The lowest BCUT2D eigenvalue weighted by Crippen LogP contribution is -2.39. The van der Waals surface area contributed by atoms with Crippen LogP contribution in [0.2, 0.25) is 5.02 Å². The van der Waals surface area contributed by atoms with E-state index in [1.54, 1.807) is 0 Å². The van der Waals surface area contributed by atoms with Crippen LogP contribution in [0.25, 0.3) is 0 Å². The van der Waals surface area contributed by atoms with Crippen molar-refractivity contribution in [1.29, 1.82) is 0 Å². The number of carbonyl (C=O) groups excluding carboxylic acids is 1. The highest BCUT2D eigenvalue weighted by Gasteiger charge is 2.39. The van der Waals surface area contributed by atoms with E-state index in [2.05, 4.69) is 28.6 Å². The largest absolute Gasteiger partial charge is 0.357 e. The maximum absolute atomic E-state index is 11.6. The first kappa shape index (κ1) is 21.3. The van der Waals surface area contributed by atoms with Gasteiger partial charge in [0.25, 0.3) is 0 Å². The van der Waals surface area contributed by atoms with E-state index in [0.29, 0.717) is 18.4 Å². The van der Waals surface area contributed by atoms with Gasteiger partial charge in [0.2, 0.25) is 5.91 Å². The molecule has 1 aliphatic carbocycles. The molecule has 0 aromatic heterocycles. The van der Waals surface area contributed by atoms with E-state index in [0.717, 1.165) is 56.4 Å². The zero-order valence-corrected chi connectivity index (χ0v) is 18.3. The number of halogens is 2. The van der Waals surface area contributed by atoms with E-state index >= 15 is 0 Å². The average molecular weight is 491 g/mol. The van der Waals surface area contributed by atoms with Gasteiger partial charge in [0.05, 0.1) is 0 Å². The van der Waals surface area contributed by atoms with E-state index in [1.165, 1.54) is 5.56 Å². The Labute approximate surface area is 178 Å². The highest BCUT2D eigenvalue weighted by molar-refractivity contribution is 14.0. The first-order chi connectivity index (χ1) is 12.2. The van der Waals surface area contributed by atoms with Crippen molar-refractivity contribution in [2.24, 2.45) is 4.99 Å². The normalized spacial score (nSPS) is 22.2. The Morgan fingerprint density at radius 3 is 2.96 bits per heavy atom. The minimum atomic E-state index is 0. The molecule has 5 nitrogen and oxygen atoms in total. The number of nitrogens with zero attached hydrogens (tertiary/aromatic N) is 2. The summed E-state index contributed by atoms with van der Waals surface area (Å²) in [5.74, 6) is 1.66.